The van der Waals surface area contributed by atoms with E-state index in [9.17, 15) is 13.2 Å². The van der Waals surface area contributed by atoms with E-state index in [4.69, 9.17) is 0 Å². The maximum Gasteiger partial charge on any atom is 0.262 e. The van der Waals surface area contributed by atoms with Crippen LogP contribution >= 0.6 is 0 Å². The van der Waals surface area contributed by atoms with Crippen LogP contribution in [0.5, 0.6) is 0 Å². The summed E-state index contributed by atoms with van der Waals surface area (Å²) < 4.78 is 28.0. The molecule has 1 aliphatic rings. The van der Waals surface area contributed by atoms with Gasteiger partial charge < -0.3 is 5.32 Å². The summed E-state index contributed by atoms with van der Waals surface area (Å²) in [6.45, 7) is 5.62. The molecule has 3 rings (SSSR count). The van der Waals surface area contributed by atoms with Crippen LogP contribution in [0.3, 0.4) is 0 Å². The van der Waals surface area contributed by atoms with Crippen molar-refractivity contribution >= 4 is 21.6 Å². The molecular formula is C20H24N2O3S. The lowest BCUT2D eigenvalue weighted by Crippen LogP contribution is -2.34. The van der Waals surface area contributed by atoms with Gasteiger partial charge >= 0.3 is 0 Å². The first kappa shape index (κ1) is 18.5. The number of anilines is 1. The second-order valence-electron chi connectivity index (χ2n) is 7.05. The van der Waals surface area contributed by atoms with Crippen LogP contribution in [-0.2, 0) is 10.0 Å². The van der Waals surface area contributed by atoms with Gasteiger partial charge in [0.1, 0.15) is 0 Å². The highest BCUT2D eigenvalue weighted by Gasteiger charge is 2.29. The van der Waals surface area contributed by atoms with Gasteiger partial charge in [-0.25, -0.2) is 8.42 Å². The molecule has 0 aliphatic heterocycles. The molecule has 0 bridgehead atoms. The largest absolute Gasteiger partial charge is 0.349 e. The Balaban J connectivity index is 1.79. The van der Waals surface area contributed by atoms with Crippen molar-refractivity contribution in [1.29, 1.82) is 0 Å². The molecule has 138 valence electrons. The van der Waals surface area contributed by atoms with Crippen molar-refractivity contribution < 1.29 is 13.2 Å². The van der Waals surface area contributed by atoms with E-state index in [1.165, 1.54) is 0 Å². The highest BCUT2D eigenvalue weighted by atomic mass is 32.2. The summed E-state index contributed by atoms with van der Waals surface area (Å²) in [6, 6.07) is 12.0. The first-order chi connectivity index (χ1) is 12.3. The zero-order chi connectivity index (χ0) is 18.9. The van der Waals surface area contributed by atoms with E-state index in [1.54, 1.807) is 43.3 Å². The Kier molecular flexibility index (Phi) is 5.05. The number of hydrogen-bond acceptors (Lipinski definition) is 3. The minimum Gasteiger partial charge on any atom is -0.349 e. The molecule has 1 saturated carbocycles. The fourth-order valence-corrected chi connectivity index (χ4v) is 4.32. The molecule has 0 saturated heterocycles. The first-order valence-electron chi connectivity index (χ1n) is 8.77. The molecule has 2 aromatic carbocycles. The van der Waals surface area contributed by atoms with E-state index in [0.29, 0.717) is 22.7 Å². The summed E-state index contributed by atoms with van der Waals surface area (Å²) in [6.07, 6.45) is 2.30. The fraction of sp³-hybridized carbons (Fsp3) is 0.350. The Labute approximate surface area is 154 Å². The van der Waals surface area contributed by atoms with Crippen LogP contribution in [0.25, 0.3) is 0 Å². The van der Waals surface area contributed by atoms with Crippen molar-refractivity contribution in [2.75, 3.05) is 4.72 Å². The van der Waals surface area contributed by atoms with Crippen molar-refractivity contribution in [3.63, 3.8) is 0 Å². The molecule has 2 aromatic rings. The fourth-order valence-electron chi connectivity index (χ4n) is 2.94. The zero-order valence-corrected chi connectivity index (χ0v) is 16.1. The van der Waals surface area contributed by atoms with Gasteiger partial charge in [-0.15, -0.1) is 0 Å². The lowest BCUT2D eigenvalue weighted by molar-refractivity contribution is 0.0936. The minimum atomic E-state index is -3.72. The lowest BCUT2D eigenvalue weighted by Gasteiger charge is -2.14. The van der Waals surface area contributed by atoms with Gasteiger partial charge in [-0.1, -0.05) is 18.2 Å². The lowest BCUT2D eigenvalue weighted by atomic mass is 10.1. The van der Waals surface area contributed by atoms with Crippen LogP contribution in [0.1, 0.15) is 41.3 Å². The maximum absolute atomic E-state index is 12.7. The molecule has 1 fully saturated rings. The Morgan fingerprint density at radius 3 is 2.54 bits per heavy atom. The molecule has 26 heavy (non-hydrogen) atoms. The minimum absolute atomic E-state index is 0.137. The van der Waals surface area contributed by atoms with Gasteiger partial charge in [-0.3, -0.25) is 9.52 Å². The third kappa shape index (κ3) is 4.25. The predicted molar refractivity (Wildman–Crippen MR) is 103 cm³/mol. The molecule has 2 N–H and O–H groups in total. The maximum atomic E-state index is 12.7. The number of hydrogen-bond donors (Lipinski definition) is 2. The Hall–Kier alpha value is -2.34. The van der Waals surface area contributed by atoms with Crippen LogP contribution in [0, 0.1) is 19.8 Å². The third-order valence-corrected chi connectivity index (χ3v) is 6.22. The Morgan fingerprint density at radius 2 is 1.85 bits per heavy atom. The van der Waals surface area contributed by atoms with E-state index in [-0.39, 0.29) is 16.8 Å². The average molecular weight is 372 g/mol. The number of rotatable bonds is 6. The molecule has 5 nitrogen and oxygen atoms in total. The topological polar surface area (TPSA) is 75.3 Å². The molecule has 0 radical (unpaired) electrons. The first-order valence-corrected chi connectivity index (χ1v) is 10.3. The van der Waals surface area contributed by atoms with Crippen molar-refractivity contribution in [2.24, 2.45) is 5.92 Å². The molecule has 1 amide bonds. The predicted octanol–water partition coefficient (Wildman–Crippen LogP) is 3.63. The highest BCUT2D eigenvalue weighted by molar-refractivity contribution is 7.92. The van der Waals surface area contributed by atoms with Gasteiger partial charge in [0.25, 0.3) is 15.9 Å². The standard InChI is InChI=1S/C20H24N2O3S/c1-13-7-8-14(2)19(11-13)26(24,25)22-18-6-4-5-17(12-18)20(23)21-15(3)16-9-10-16/h4-8,11-12,15-16,22H,9-10H2,1-3H3,(H,21,23)/t15-/m0/s1. The summed E-state index contributed by atoms with van der Waals surface area (Å²) in [7, 11) is -3.72. The van der Waals surface area contributed by atoms with Crippen LogP contribution in [0.15, 0.2) is 47.4 Å². The van der Waals surface area contributed by atoms with Crippen molar-refractivity contribution in [1.82, 2.24) is 5.32 Å². The summed E-state index contributed by atoms with van der Waals surface area (Å²) in [4.78, 5) is 12.6. The van der Waals surface area contributed by atoms with E-state index in [0.717, 1.165) is 18.4 Å². The monoisotopic (exact) mass is 372 g/mol. The van der Waals surface area contributed by atoms with Gasteiger partial charge in [-0.2, -0.15) is 0 Å². The molecule has 0 heterocycles. The number of nitrogens with one attached hydrogen (secondary N) is 2. The van der Waals surface area contributed by atoms with Crippen LogP contribution in [0.4, 0.5) is 5.69 Å². The molecule has 6 heteroatoms. The number of sulfonamides is 1. The SMILES string of the molecule is Cc1ccc(C)c(S(=O)(=O)Nc2cccc(C(=O)N[C@@H](C)C3CC3)c2)c1. The molecule has 1 atom stereocenters. The van der Waals surface area contributed by atoms with Crippen molar-refractivity contribution in [3.8, 4) is 0 Å². The number of benzene rings is 2. The quantitative estimate of drug-likeness (QED) is 0.813. The number of carbonyl (C=O) groups excluding carboxylic acids is 1. The number of carbonyl (C=O) groups is 1. The number of amides is 1. The second kappa shape index (κ2) is 7.11. The van der Waals surface area contributed by atoms with Gasteiger partial charge in [0, 0.05) is 17.3 Å². The van der Waals surface area contributed by atoms with Crippen molar-refractivity contribution in [2.45, 2.75) is 44.6 Å². The zero-order valence-electron chi connectivity index (χ0n) is 15.2. The van der Waals surface area contributed by atoms with Gasteiger partial charge in [0.15, 0.2) is 0 Å². The normalized spacial score (nSPS) is 15.3. The van der Waals surface area contributed by atoms with Crippen LogP contribution < -0.4 is 10.0 Å². The smallest absolute Gasteiger partial charge is 0.262 e. The van der Waals surface area contributed by atoms with E-state index < -0.39 is 10.0 Å². The second-order valence-corrected chi connectivity index (χ2v) is 8.71. The Bertz CT molecular complexity index is 934. The van der Waals surface area contributed by atoms with Gasteiger partial charge in [0.05, 0.1) is 4.90 Å². The summed E-state index contributed by atoms with van der Waals surface area (Å²) in [5, 5.41) is 2.98. The summed E-state index contributed by atoms with van der Waals surface area (Å²) >= 11 is 0. The van der Waals surface area contributed by atoms with E-state index >= 15 is 0 Å². The number of aryl methyl sites for hydroxylation is 2. The third-order valence-electron chi connectivity index (χ3n) is 4.70. The van der Waals surface area contributed by atoms with Crippen LogP contribution in [0.2, 0.25) is 0 Å². The average Bonchev–Trinajstić information content (AvgIpc) is 3.42. The van der Waals surface area contributed by atoms with Gasteiger partial charge in [-0.05, 0) is 74.9 Å². The van der Waals surface area contributed by atoms with E-state index in [2.05, 4.69) is 10.0 Å². The molecule has 0 unspecified atom stereocenters. The highest BCUT2D eigenvalue weighted by Crippen LogP contribution is 2.32. The summed E-state index contributed by atoms with van der Waals surface area (Å²) in [5.74, 6) is 0.377. The summed E-state index contributed by atoms with van der Waals surface area (Å²) in [5.41, 5.74) is 2.37. The van der Waals surface area contributed by atoms with Crippen molar-refractivity contribution in [3.05, 3.63) is 59.2 Å². The van der Waals surface area contributed by atoms with E-state index in [1.807, 2.05) is 19.9 Å². The molecule has 1 aliphatic carbocycles. The van der Waals surface area contributed by atoms with Gasteiger partial charge in [0.2, 0.25) is 0 Å². The molecular weight excluding hydrogens is 348 g/mol. The Morgan fingerprint density at radius 1 is 1.12 bits per heavy atom. The molecule has 0 aromatic heterocycles. The molecule has 0 spiro atoms. The van der Waals surface area contributed by atoms with Crippen LogP contribution in [-0.4, -0.2) is 20.4 Å².